The maximum atomic E-state index is 9.50. The van der Waals surface area contributed by atoms with Crippen LogP contribution in [-0.4, -0.2) is 9.13 Å². The summed E-state index contributed by atoms with van der Waals surface area (Å²) in [6.07, 6.45) is -1.42. The van der Waals surface area contributed by atoms with E-state index in [9.17, 15) is 2.74 Å². The van der Waals surface area contributed by atoms with E-state index in [-0.39, 0.29) is 21.9 Å². The predicted octanol–water partition coefficient (Wildman–Crippen LogP) is 7.90. The first-order valence-electron chi connectivity index (χ1n) is 19.8. The Labute approximate surface area is 222 Å². The summed E-state index contributed by atoms with van der Waals surface area (Å²) in [6.45, 7) is 2.77. The monoisotopic (exact) mass is 446 g/mol. The summed E-state index contributed by atoms with van der Waals surface area (Å²) in [5, 5.41) is -0.719. The molecule has 2 nitrogen and oxygen atoms in total. The lowest BCUT2D eigenvalue weighted by Gasteiger charge is -2.24. The summed E-state index contributed by atoms with van der Waals surface area (Å²) in [6, 6.07) is -13.8. The van der Waals surface area contributed by atoms with Crippen LogP contribution < -0.4 is 0 Å². The fourth-order valence-electron chi connectivity index (χ4n) is 3.83. The van der Waals surface area contributed by atoms with Crippen molar-refractivity contribution in [3.63, 3.8) is 0 Å². The molecule has 0 bridgehead atoms. The van der Waals surface area contributed by atoms with E-state index >= 15 is 0 Å². The second-order valence-electron chi connectivity index (χ2n) is 7.66. The molecular formula is C31H26N2. The van der Waals surface area contributed by atoms with E-state index in [1.807, 2.05) is 0 Å². The van der Waals surface area contributed by atoms with Gasteiger partial charge in [-0.2, -0.15) is 0 Å². The van der Waals surface area contributed by atoms with Crippen molar-refractivity contribution in [2.75, 3.05) is 0 Å². The fourth-order valence-corrected chi connectivity index (χ4v) is 3.83. The number of hydrogen-bond donors (Lipinski definition) is 0. The van der Waals surface area contributed by atoms with Crippen LogP contribution in [0.5, 0.6) is 0 Å². The minimum Gasteiger partial charge on any atom is -0.316 e. The Bertz CT molecular complexity index is 2410. The Morgan fingerprint density at radius 2 is 0.879 bits per heavy atom. The third kappa shape index (κ3) is 3.10. The van der Waals surface area contributed by atoms with E-state index in [4.69, 9.17) is 24.7 Å². The summed E-state index contributed by atoms with van der Waals surface area (Å²) < 4.78 is 174. The van der Waals surface area contributed by atoms with Crippen molar-refractivity contribution in [1.29, 1.82) is 0 Å². The maximum Gasteiger partial charge on any atom is 0.0826 e. The van der Waals surface area contributed by atoms with Gasteiger partial charge in [-0.3, -0.25) is 0 Å². The Morgan fingerprint density at radius 1 is 0.515 bits per heavy atom. The van der Waals surface area contributed by atoms with Gasteiger partial charge in [0.25, 0.3) is 0 Å². The lowest BCUT2D eigenvalue weighted by Crippen LogP contribution is -2.18. The smallest absolute Gasteiger partial charge is 0.0826 e. The molecule has 2 heterocycles. The Hall–Kier alpha value is -4.04. The first kappa shape index (κ1) is 7.78. The first-order valence-corrected chi connectivity index (χ1v) is 9.84. The molecule has 160 valence electrons. The van der Waals surface area contributed by atoms with E-state index in [1.165, 1.54) is 13.8 Å². The molecule has 6 aromatic rings. The molecule has 2 heteroatoms. The van der Waals surface area contributed by atoms with Crippen molar-refractivity contribution in [2.24, 2.45) is 0 Å². The van der Waals surface area contributed by atoms with Crippen LogP contribution >= 0.6 is 0 Å². The largest absolute Gasteiger partial charge is 0.316 e. The number of hydrogen-bond acceptors (Lipinski definition) is 0. The lowest BCUT2D eigenvalue weighted by atomic mass is 9.78. The molecule has 6 rings (SSSR count). The normalized spacial score (nSPS) is 20.4. The van der Waals surface area contributed by atoms with Crippen molar-refractivity contribution in [2.45, 2.75) is 19.3 Å². The van der Waals surface area contributed by atoms with Crippen LogP contribution in [0.1, 0.15) is 52.4 Å². The fraction of sp³-hybridized carbons (Fsp3) is 0.0968. The summed E-state index contributed by atoms with van der Waals surface area (Å²) in [7, 11) is 0. The number of aromatic nitrogens is 2. The van der Waals surface area contributed by atoms with E-state index in [0.29, 0.717) is 0 Å². The molecule has 0 aliphatic carbocycles. The molecule has 0 atom stereocenters. The highest BCUT2D eigenvalue weighted by Crippen LogP contribution is 2.42. The van der Waals surface area contributed by atoms with Gasteiger partial charge in [0.2, 0.25) is 0 Å². The highest BCUT2D eigenvalue weighted by Gasteiger charge is 2.31. The topological polar surface area (TPSA) is 9.86 Å². The first-order chi connectivity index (χ1) is 24.5. The van der Waals surface area contributed by atoms with Gasteiger partial charge in [-0.15, -0.1) is 0 Å². The van der Waals surface area contributed by atoms with Crippen molar-refractivity contribution < 1.29 is 27.4 Å². The summed E-state index contributed by atoms with van der Waals surface area (Å²) in [5.41, 5.74) is -4.64. The lowest BCUT2D eigenvalue weighted by molar-refractivity contribution is 0.650. The SMILES string of the molecule is [2H]c1c([2H])c([2H])c(-n2c([2H])c(C(C)(C)c3c([2H])n(-c4c([2H])c([2H])c([2H])c([2H])c4[2H])c4c([2H])c([2H])c([2H])c([2H])c34)c3c([2H])c([2H])c([2H])c([2H])c32)c([2H])c1[2H]. The highest BCUT2D eigenvalue weighted by atomic mass is 15.0. The van der Waals surface area contributed by atoms with Crippen LogP contribution in [0, 0.1) is 0 Å². The molecule has 0 saturated carbocycles. The second kappa shape index (κ2) is 7.53. The molecule has 0 unspecified atom stereocenters. The van der Waals surface area contributed by atoms with Crippen LogP contribution in [0.3, 0.4) is 0 Å². The minimum absolute atomic E-state index is 0.299. The zero-order valence-corrected chi connectivity index (χ0v) is 17.4. The number of benzene rings is 4. The molecule has 0 saturated heterocycles. The summed E-state index contributed by atoms with van der Waals surface area (Å²) in [4.78, 5) is 0. The average molecular weight is 447 g/mol. The van der Waals surface area contributed by atoms with Crippen LogP contribution in [0.15, 0.2) is 121 Å². The quantitative estimate of drug-likeness (QED) is 0.260. The Balaban J connectivity index is 1.90. The number of rotatable bonds is 4. The molecule has 33 heavy (non-hydrogen) atoms. The standard InChI is InChI=1S/C31H26N2/c1-31(2,27-21-32(23-13-5-3-6-14-23)29-19-11-9-17-25(27)29)28-22-33(24-15-7-4-8-16-24)30-20-12-10-18-26(28)30/h3-22H,1-2H3/i3D,4D,5D,6D,7D,8D,9D,10D,11D,12D,13D,14D,15D,16D,17D,18D,19D,20D,21D,22D. The molecule has 4 aromatic carbocycles. The van der Waals surface area contributed by atoms with Gasteiger partial charge in [-0.1, -0.05) is 86.4 Å². The number of para-hydroxylation sites is 4. The van der Waals surface area contributed by atoms with Gasteiger partial charge in [0.05, 0.1) is 38.4 Å². The highest BCUT2D eigenvalue weighted by molar-refractivity contribution is 5.91. The van der Waals surface area contributed by atoms with Gasteiger partial charge in [0.1, 0.15) is 0 Å². The van der Waals surface area contributed by atoms with Crippen LogP contribution in [0.25, 0.3) is 33.2 Å². The van der Waals surface area contributed by atoms with E-state index < -0.39 is 149 Å². The Morgan fingerprint density at radius 3 is 1.30 bits per heavy atom. The molecule has 0 fully saturated rings. The van der Waals surface area contributed by atoms with Gasteiger partial charge < -0.3 is 9.13 Å². The van der Waals surface area contributed by atoms with Crippen molar-refractivity contribution >= 4 is 21.8 Å². The molecule has 0 N–H and O–H groups in total. The van der Waals surface area contributed by atoms with Gasteiger partial charge >= 0.3 is 0 Å². The summed E-state index contributed by atoms with van der Waals surface area (Å²) >= 11 is 0. The molecular weight excluding hydrogens is 400 g/mol. The molecule has 0 aliphatic heterocycles. The molecule has 0 amide bonds. The minimum atomic E-state index is -1.90. The van der Waals surface area contributed by atoms with Crippen molar-refractivity contribution in [1.82, 2.24) is 9.13 Å². The van der Waals surface area contributed by atoms with Crippen molar-refractivity contribution in [3.8, 4) is 11.4 Å². The van der Waals surface area contributed by atoms with Crippen LogP contribution in [-0.2, 0) is 5.41 Å². The van der Waals surface area contributed by atoms with Gasteiger partial charge in [-0.25, -0.2) is 0 Å². The zero-order valence-electron chi connectivity index (χ0n) is 37.4. The predicted molar refractivity (Wildman–Crippen MR) is 139 cm³/mol. The van der Waals surface area contributed by atoms with Gasteiger partial charge in [-0.05, 0) is 47.4 Å². The van der Waals surface area contributed by atoms with E-state index in [2.05, 4.69) is 0 Å². The number of nitrogens with zero attached hydrogens (tertiary/aromatic N) is 2. The average Bonchev–Trinajstić information content (AvgIpc) is 3.60. The molecule has 0 aliphatic rings. The molecule has 2 aromatic heterocycles. The van der Waals surface area contributed by atoms with Crippen LogP contribution in [0.4, 0.5) is 0 Å². The maximum absolute atomic E-state index is 9.50. The van der Waals surface area contributed by atoms with E-state index in [1.54, 1.807) is 0 Å². The number of fused-ring (bicyclic) bond motifs is 2. The van der Waals surface area contributed by atoms with E-state index in [0.717, 1.165) is 9.13 Å². The second-order valence-corrected chi connectivity index (χ2v) is 7.66. The Kier molecular flexibility index (Phi) is 1.77. The van der Waals surface area contributed by atoms with Crippen molar-refractivity contribution in [3.05, 3.63) is 132 Å². The van der Waals surface area contributed by atoms with Crippen LogP contribution in [0.2, 0.25) is 0 Å². The zero-order chi connectivity index (χ0) is 39.8. The summed E-state index contributed by atoms with van der Waals surface area (Å²) in [5.74, 6) is 0. The molecule has 0 spiro atoms. The van der Waals surface area contributed by atoms with Gasteiger partial charge in [0, 0.05) is 39.9 Å². The molecule has 0 radical (unpaired) electrons. The third-order valence-electron chi connectivity index (χ3n) is 5.40. The third-order valence-corrected chi connectivity index (χ3v) is 5.40. The van der Waals surface area contributed by atoms with Gasteiger partial charge in [0.15, 0.2) is 0 Å².